The molecule has 2 bridgehead atoms. The predicted molar refractivity (Wildman–Crippen MR) is 93.7 cm³/mol. The molecule has 2 aliphatic heterocycles. The number of nitriles is 1. The van der Waals surface area contributed by atoms with Crippen molar-refractivity contribution >= 4 is 6.09 Å². The minimum Gasteiger partial charge on any atom is -0.444 e. The summed E-state index contributed by atoms with van der Waals surface area (Å²) in [5, 5.41) is 20.6. The second-order valence-electron chi connectivity index (χ2n) is 8.49. The van der Waals surface area contributed by atoms with E-state index in [0.717, 1.165) is 18.6 Å². The Morgan fingerprint density at radius 3 is 2.33 bits per heavy atom. The molecule has 2 fully saturated rings. The van der Waals surface area contributed by atoms with E-state index in [0.29, 0.717) is 12.8 Å². The van der Waals surface area contributed by atoms with E-state index in [9.17, 15) is 23.9 Å². The first-order chi connectivity index (χ1) is 12.5. The van der Waals surface area contributed by atoms with Crippen molar-refractivity contribution in [3.8, 4) is 6.07 Å². The number of piperidine rings is 2. The smallest absolute Gasteiger partial charge is 0.410 e. The van der Waals surface area contributed by atoms with Crippen LogP contribution >= 0.6 is 0 Å². The molecular weight excluding hydrogens is 354 g/mol. The lowest BCUT2D eigenvalue weighted by atomic mass is 9.71. The highest BCUT2D eigenvalue weighted by atomic mass is 19.2. The van der Waals surface area contributed by atoms with Gasteiger partial charge in [-0.05, 0) is 52.2 Å². The molecule has 1 N–H and O–H groups in total. The minimum atomic E-state index is -1.49. The van der Waals surface area contributed by atoms with Gasteiger partial charge in [-0.25, -0.2) is 13.6 Å². The number of fused-ring (bicyclic) bond motifs is 2. The molecule has 1 aromatic rings. The van der Waals surface area contributed by atoms with E-state index in [1.807, 2.05) is 6.07 Å². The molecule has 2 atom stereocenters. The number of halogens is 2. The normalized spacial score (nSPS) is 27.8. The van der Waals surface area contributed by atoms with Crippen LogP contribution in [-0.2, 0) is 10.3 Å². The standard InChI is InChI=1S/C20H24F2N2O3/c1-19(2,3)27-18(25)24-13-5-4-6-14(24)10-20(26,9-13)15-8-17(22)16(21)7-12(15)11-23/h7-8,13-14,26H,4-6,9-10H2,1-3H3. The molecule has 2 heterocycles. The third-order valence-corrected chi connectivity index (χ3v) is 5.29. The largest absolute Gasteiger partial charge is 0.444 e. The molecule has 1 aromatic carbocycles. The number of rotatable bonds is 1. The lowest BCUT2D eigenvalue weighted by molar-refractivity contribution is -0.0967. The second-order valence-corrected chi connectivity index (χ2v) is 8.49. The van der Waals surface area contributed by atoms with E-state index in [1.54, 1.807) is 25.7 Å². The Morgan fingerprint density at radius 1 is 1.26 bits per heavy atom. The van der Waals surface area contributed by atoms with Crippen LogP contribution in [-0.4, -0.2) is 33.8 Å². The molecule has 7 heteroatoms. The monoisotopic (exact) mass is 378 g/mol. The van der Waals surface area contributed by atoms with Gasteiger partial charge < -0.3 is 14.7 Å². The van der Waals surface area contributed by atoms with Crippen molar-refractivity contribution in [2.24, 2.45) is 0 Å². The fraction of sp³-hybridized carbons (Fsp3) is 0.600. The Balaban J connectivity index is 1.94. The summed E-state index contributed by atoms with van der Waals surface area (Å²) in [5.74, 6) is -2.22. The summed E-state index contributed by atoms with van der Waals surface area (Å²) in [7, 11) is 0. The van der Waals surface area contributed by atoms with Crippen LogP contribution in [0.3, 0.4) is 0 Å². The third kappa shape index (κ3) is 3.77. The maximum Gasteiger partial charge on any atom is 0.410 e. The number of hydrogen-bond donors (Lipinski definition) is 1. The maximum atomic E-state index is 13.8. The Morgan fingerprint density at radius 2 is 1.81 bits per heavy atom. The average molecular weight is 378 g/mol. The van der Waals surface area contributed by atoms with Crippen molar-refractivity contribution in [2.75, 3.05) is 0 Å². The molecular formula is C20H24F2N2O3. The molecule has 2 aliphatic rings. The van der Waals surface area contributed by atoms with Crippen molar-refractivity contribution in [3.63, 3.8) is 0 Å². The Labute approximate surface area is 157 Å². The minimum absolute atomic E-state index is 0.0832. The first kappa shape index (κ1) is 19.6. The van der Waals surface area contributed by atoms with Crippen LogP contribution in [0.5, 0.6) is 0 Å². The van der Waals surface area contributed by atoms with E-state index in [2.05, 4.69) is 0 Å². The number of nitrogens with zero attached hydrogens (tertiary/aromatic N) is 2. The Bertz CT molecular complexity index is 784. The molecule has 0 spiro atoms. The van der Waals surface area contributed by atoms with Crippen LogP contribution in [0.25, 0.3) is 0 Å². The molecule has 0 saturated carbocycles. The van der Waals surface area contributed by atoms with Gasteiger partial charge in [-0.15, -0.1) is 0 Å². The molecule has 0 aromatic heterocycles. The zero-order chi connectivity index (χ0) is 20.0. The van der Waals surface area contributed by atoms with E-state index >= 15 is 0 Å². The van der Waals surface area contributed by atoms with Gasteiger partial charge in [0.05, 0.1) is 17.2 Å². The summed E-state index contributed by atoms with van der Waals surface area (Å²) < 4.78 is 32.8. The summed E-state index contributed by atoms with van der Waals surface area (Å²) in [6, 6.07) is 3.01. The summed E-state index contributed by atoms with van der Waals surface area (Å²) in [5.41, 5.74) is -2.12. The van der Waals surface area contributed by atoms with Gasteiger partial charge in [0.2, 0.25) is 0 Å². The lowest BCUT2D eigenvalue weighted by Crippen LogP contribution is -2.59. The molecule has 0 radical (unpaired) electrons. The van der Waals surface area contributed by atoms with Crippen molar-refractivity contribution in [3.05, 3.63) is 34.9 Å². The van der Waals surface area contributed by atoms with E-state index < -0.39 is 28.9 Å². The van der Waals surface area contributed by atoms with Crippen LogP contribution in [0, 0.1) is 23.0 Å². The number of carbonyl (C=O) groups excluding carboxylic acids is 1. The molecule has 3 rings (SSSR count). The van der Waals surface area contributed by atoms with Crippen LogP contribution in [0.4, 0.5) is 13.6 Å². The summed E-state index contributed by atoms with van der Waals surface area (Å²) in [6.07, 6.45) is 2.16. The van der Waals surface area contributed by atoms with Crippen LogP contribution in [0.15, 0.2) is 12.1 Å². The quantitative estimate of drug-likeness (QED) is 0.802. The number of benzene rings is 1. The topological polar surface area (TPSA) is 73.6 Å². The third-order valence-electron chi connectivity index (χ3n) is 5.29. The highest BCUT2D eigenvalue weighted by Crippen LogP contribution is 2.45. The van der Waals surface area contributed by atoms with Gasteiger partial charge in [-0.3, -0.25) is 0 Å². The SMILES string of the molecule is CC(C)(C)OC(=O)N1C2CCCC1CC(O)(c1cc(F)c(F)cc1C#N)C2. The van der Waals surface area contributed by atoms with Crippen molar-refractivity contribution in [2.45, 2.75) is 76.2 Å². The van der Waals surface area contributed by atoms with Gasteiger partial charge in [0.1, 0.15) is 5.60 Å². The van der Waals surface area contributed by atoms with Gasteiger partial charge in [-0.1, -0.05) is 0 Å². The molecule has 1 amide bonds. The first-order valence-corrected chi connectivity index (χ1v) is 9.17. The Hall–Kier alpha value is -2.20. The summed E-state index contributed by atoms with van der Waals surface area (Å²) in [4.78, 5) is 14.3. The average Bonchev–Trinajstić information content (AvgIpc) is 2.54. The number of aliphatic hydroxyl groups is 1. The van der Waals surface area contributed by atoms with Gasteiger partial charge in [0.25, 0.3) is 0 Å². The summed E-state index contributed by atoms with van der Waals surface area (Å²) in [6.45, 7) is 5.38. The van der Waals surface area contributed by atoms with E-state index in [-0.39, 0.29) is 36.1 Å². The van der Waals surface area contributed by atoms with Crippen molar-refractivity contribution < 1.29 is 23.4 Å². The number of amides is 1. The van der Waals surface area contributed by atoms with E-state index in [1.165, 1.54) is 0 Å². The molecule has 5 nitrogen and oxygen atoms in total. The van der Waals surface area contributed by atoms with Crippen LogP contribution < -0.4 is 0 Å². The zero-order valence-corrected chi connectivity index (χ0v) is 15.8. The molecule has 0 aliphatic carbocycles. The van der Waals surface area contributed by atoms with Crippen molar-refractivity contribution in [1.29, 1.82) is 5.26 Å². The van der Waals surface area contributed by atoms with Gasteiger partial charge in [0.15, 0.2) is 11.6 Å². The van der Waals surface area contributed by atoms with Gasteiger partial charge in [-0.2, -0.15) is 5.26 Å². The lowest BCUT2D eigenvalue weighted by Gasteiger charge is -2.52. The fourth-order valence-corrected chi connectivity index (χ4v) is 4.29. The molecule has 146 valence electrons. The first-order valence-electron chi connectivity index (χ1n) is 9.17. The number of hydrogen-bond acceptors (Lipinski definition) is 4. The summed E-state index contributed by atoms with van der Waals surface area (Å²) >= 11 is 0. The van der Waals surface area contributed by atoms with Crippen LogP contribution in [0.1, 0.15) is 64.0 Å². The maximum absolute atomic E-state index is 13.8. The predicted octanol–water partition coefficient (Wildman–Crippen LogP) is 3.98. The van der Waals surface area contributed by atoms with Crippen LogP contribution in [0.2, 0.25) is 0 Å². The zero-order valence-electron chi connectivity index (χ0n) is 15.8. The molecule has 2 saturated heterocycles. The van der Waals surface area contributed by atoms with Gasteiger partial charge in [0, 0.05) is 30.5 Å². The number of carbonyl (C=O) groups is 1. The van der Waals surface area contributed by atoms with E-state index in [4.69, 9.17) is 4.74 Å². The Kier molecular flexibility index (Phi) is 4.89. The second kappa shape index (κ2) is 6.75. The number of ether oxygens (including phenoxy) is 1. The highest BCUT2D eigenvalue weighted by molar-refractivity contribution is 5.69. The molecule has 27 heavy (non-hydrogen) atoms. The van der Waals surface area contributed by atoms with Crippen molar-refractivity contribution in [1.82, 2.24) is 4.90 Å². The van der Waals surface area contributed by atoms with Gasteiger partial charge >= 0.3 is 6.09 Å². The highest BCUT2D eigenvalue weighted by Gasteiger charge is 2.50. The molecule has 2 unspecified atom stereocenters. The fourth-order valence-electron chi connectivity index (χ4n) is 4.29.